The van der Waals surface area contributed by atoms with E-state index < -0.39 is 0 Å². The number of rotatable bonds is 4. The van der Waals surface area contributed by atoms with Crippen LogP contribution in [0.3, 0.4) is 0 Å². The van der Waals surface area contributed by atoms with Crippen molar-refractivity contribution in [2.45, 2.75) is 0 Å². The van der Waals surface area contributed by atoms with Gasteiger partial charge in [0.25, 0.3) is 0 Å². The molecule has 49 heavy (non-hydrogen) atoms. The van der Waals surface area contributed by atoms with Crippen molar-refractivity contribution in [3.05, 3.63) is 164 Å². The van der Waals surface area contributed by atoms with Crippen LogP contribution in [-0.4, -0.2) is 15.0 Å². The lowest BCUT2D eigenvalue weighted by molar-refractivity contribution is 0.670. The van der Waals surface area contributed by atoms with Gasteiger partial charge < -0.3 is 4.42 Å². The van der Waals surface area contributed by atoms with Gasteiger partial charge in [-0.05, 0) is 62.1 Å². The Morgan fingerprint density at radius 2 is 0.898 bits per heavy atom. The van der Waals surface area contributed by atoms with Gasteiger partial charge in [0.15, 0.2) is 17.5 Å². The molecule has 0 aliphatic heterocycles. The summed E-state index contributed by atoms with van der Waals surface area (Å²) in [6.07, 6.45) is 0. The molecule has 0 spiro atoms. The third kappa shape index (κ3) is 4.49. The van der Waals surface area contributed by atoms with E-state index in [0.29, 0.717) is 17.5 Å². The summed E-state index contributed by atoms with van der Waals surface area (Å²) in [5.74, 6) is 1.86. The molecule has 10 aromatic rings. The molecule has 0 fully saturated rings. The van der Waals surface area contributed by atoms with Crippen molar-refractivity contribution in [2.24, 2.45) is 0 Å². The molecule has 8 aromatic carbocycles. The monoisotopic (exact) mass is 625 g/mol. The Morgan fingerprint density at radius 3 is 1.63 bits per heavy atom. The summed E-state index contributed by atoms with van der Waals surface area (Å²) >= 11 is 0. The second-order valence-corrected chi connectivity index (χ2v) is 12.4. The maximum absolute atomic E-state index is 6.72. The fraction of sp³-hybridized carbons (Fsp3) is 0. The van der Waals surface area contributed by atoms with Crippen LogP contribution in [-0.2, 0) is 0 Å². The molecule has 0 radical (unpaired) electrons. The standard InChI is InChI=1S/C45H27N3O/c1-3-12-30(13-4-1)43-46-44(31-14-5-2-6-15-31)48-45(47-43)38-26-25-34(42-41(38)37-17-9-10-18-40(37)49-42)32-20-19-29-22-23-35-33-16-8-7-11-28(33)21-24-36(35)39(29)27-32/h1-27H. The van der Waals surface area contributed by atoms with Crippen molar-refractivity contribution < 1.29 is 4.42 Å². The molecule has 0 unspecified atom stereocenters. The third-order valence-electron chi connectivity index (χ3n) is 9.52. The van der Waals surface area contributed by atoms with Crippen molar-refractivity contribution in [2.75, 3.05) is 0 Å². The Hall–Kier alpha value is -6.65. The number of benzene rings is 8. The lowest BCUT2D eigenvalue weighted by Crippen LogP contribution is -2.00. The second-order valence-electron chi connectivity index (χ2n) is 12.4. The molecule has 0 N–H and O–H groups in total. The van der Waals surface area contributed by atoms with Gasteiger partial charge in [0, 0.05) is 33.0 Å². The van der Waals surface area contributed by atoms with Crippen LogP contribution in [0.15, 0.2) is 168 Å². The minimum atomic E-state index is 0.604. The summed E-state index contributed by atoms with van der Waals surface area (Å²) < 4.78 is 6.72. The second kappa shape index (κ2) is 11.0. The van der Waals surface area contributed by atoms with E-state index in [1.165, 1.54) is 32.3 Å². The largest absolute Gasteiger partial charge is 0.455 e. The molecule has 4 heteroatoms. The summed E-state index contributed by atoms with van der Waals surface area (Å²) in [6.45, 7) is 0. The van der Waals surface area contributed by atoms with Gasteiger partial charge in [-0.2, -0.15) is 0 Å². The number of nitrogens with zero attached hydrogens (tertiary/aromatic N) is 3. The van der Waals surface area contributed by atoms with E-state index in [0.717, 1.165) is 49.8 Å². The molecule has 228 valence electrons. The Kier molecular flexibility index (Phi) is 6.15. The fourth-order valence-electron chi connectivity index (χ4n) is 7.16. The minimum Gasteiger partial charge on any atom is -0.455 e. The summed E-state index contributed by atoms with van der Waals surface area (Å²) in [5, 5.41) is 9.43. The average Bonchev–Trinajstić information content (AvgIpc) is 3.57. The van der Waals surface area contributed by atoms with E-state index in [9.17, 15) is 0 Å². The number of hydrogen-bond acceptors (Lipinski definition) is 4. The molecule has 0 aliphatic carbocycles. The van der Waals surface area contributed by atoms with Crippen molar-refractivity contribution >= 4 is 54.3 Å². The van der Waals surface area contributed by atoms with Gasteiger partial charge in [-0.3, -0.25) is 0 Å². The first-order valence-electron chi connectivity index (χ1n) is 16.4. The van der Waals surface area contributed by atoms with Crippen molar-refractivity contribution in [1.82, 2.24) is 15.0 Å². The molecule has 0 saturated carbocycles. The van der Waals surface area contributed by atoms with Crippen LogP contribution in [0.2, 0.25) is 0 Å². The number of fused-ring (bicyclic) bond motifs is 8. The SMILES string of the molecule is c1ccc(-c2nc(-c3ccccc3)nc(-c3ccc(-c4ccc5ccc6c7ccccc7ccc6c5c4)c4oc5ccccc5c34)n2)cc1. The number of para-hydroxylation sites is 1. The molecule has 10 rings (SSSR count). The molecule has 0 bridgehead atoms. The first-order valence-corrected chi connectivity index (χ1v) is 16.4. The maximum Gasteiger partial charge on any atom is 0.164 e. The Bertz CT molecular complexity index is 2820. The summed E-state index contributed by atoms with van der Waals surface area (Å²) in [6, 6.07) is 56.9. The highest BCUT2D eigenvalue weighted by molar-refractivity contribution is 6.19. The zero-order chi connectivity index (χ0) is 32.3. The van der Waals surface area contributed by atoms with Crippen LogP contribution < -0.4 is 0 Å². The summed E-state index contributed by atoms with van der Waals surface area (Å²) in [7, 11) is 0. The van der Waals surface area contributed by atoms with Crippen LogP contribution >= 0.6 is 0 Å². The highest BCUT2D eigenvalue weighted by Gasteiger charge is 2.21. The lowest BCUT2D eigenvalue weighted by atomic mass is 9.93. The smallest absolute Gasteiger partial charge is 0.164 e. The zero-order valence-corrected chi connectivity index (χ0v) is 26.3. The predicted octanol–water partition coefficient (Wildman–Crippen LogP) is 11.9. The molecule has 2 aromatic heterocycles. The summed E-state index contributed by atoms with van der Waals surface area (Å²) in [4.78, 5) is 15.1. The molecule has 0 aliphatic rings. The van der Waals surface area contributed by atoms with Crippen LogP contribution in [0.4, 0.5) is 0 Å². The Labute approximate surface area is 282 Å². The van der Waals surface area contributed by atoms with Crippen LogP contribution in [0.5, 0.6) is 0 Å². The van der Waals surface area contributed by atoms with Gasteiger partial charge in [-0.1, -0.05) is 140 Å². The van der Waals surface area contributed by atoms with E-state index in [-0.39, 0.29) is 0 Å². The van der Waals surface area contributed by atoms with Gasteiger partial charge in [-0.25, -0.2) is 15.0 Å². The van der Waals surface area contributed by atoms with E-state index in [2.05, 4.69) is 91.0 Å². The highest BCUT2D eigenvalue weighted by atomic mass is 16.3. The molecule has 0 atom stereocenters. The molecule has 2 heterocycles. The van der Waals surface area contributed by atoms with Crippen molar-refractivity contribution in [3.8, 4) is 45.3 Å². The quantitative estimate of drug-likeness (QED) is 0.183. The average molecular weight is 626 g/mol. The number of furan rings is 1. The van der Waals surface area contributed by atoms with E-state index in [1.807, 2.05) is 72.8 Å². The molecular formula is C45H27N3O. The van der Waals surface area contributed by atoms with Gasteiger partial charge in [0.2, 0.25) is 0 Å². The van der Waals surface area contributed by atoms with Crippen molar-refractivity contribution in [1.29, 1.82) is 0 Å². The minimum absolute atomic E-state index is 0.604. The van der Waals surface area contributed by atoms with Crippen molar-refractivity contribution in [3.63, 3.8) is 0 Å². The first-order chi connectivity index (χ1) is 24.3. The van der Waals surface area contributed by atoms with E-state index in [4.69, 9.17) is 19.4 Å². The Balaban J connectivity index is 1.22. The topological polar surface area (TPSA) is 51.8 Å². The highest BCUT2D eigenvalue weighted by Crippen LogP contribution is 2.42. The zero-order valence-electron chi connectivity index (χ0n) is 26.3. The maximum atomic E-state index is 6.72. The normalized spacial score (nSPS) is 11.7. The van der Waals surface area contributed by atoms with Gasteiger partial charge in [-0.15, -0.1) is 0 Å². The van der Waals surface area contributed by atoms with Crippen LogP contribution in [0, 0.1) is 0 Å². The van der Waals surface area contributed by atoms with Crippen LogP contribution in [0.25, 0.3) is 99.5 Å². The lowest BCUT2D eigenvalue weighted by Gasteiger charge is -2.12. The van der Waals surface area contributed by atoms with Gasteiger partial charge >= 0.3 is 0 Å². The summed E-state index contributed by atoms with van der Waals surface area (Å²) in [5.41, 5.74) is 6.52. The van der Waals surface area contributed by atoms with E-state index in [1.54, 1.807) is 0 Å². The number of hydrogen-bond donors (Lipinski definition) is 0. The van der Waals surface area contributed by atoms with Crippen LogP contribution in [0.1, 0.15) is 0 Å². The first kappa shape index (κ1) is 27.5. The third-order valence-corrected chi connectivity index (χ3v) is 9.52. The fourth-order valence-corrected chi connectivity index (χ4v) is 7.16. The number of aromatic nitrogens is 3. The molecule has 4 nitrogen and oxygen atoms in total. The predicted molar refractivity (Wildman–Crippen MR) is 201 cm³/mol. The van der Waals surface area contributed by atoms with Gasteiger partial charge in [0.05, 0.1) is 0 Å². The van der Waals surface area contributed by atoms with E-state index >= 15 is 0 Å². The molecule has 0 amide bonds. The van der Waals surface area contributed by atoms with Gasteiger partial charge in [0.1, 0.15) is 11.2 Å². The molecule has 0 saturated heterocycles. The molecular weight excluding hydrogens is 599 g/mol. The Morgan fingerprint density at radius 1 is 0.347 bits per heavy atom.